The van der Waals surface area contributed by atoms with Gasteiger partial charge < -0.3 is 14.3 Å². The van der Waals surface area contributed by atoms with Crippen molar-refractivity contribution in [2.75, 3.05) is 20.8 Å². The van der Waals surface area contributed by atoms with E-state index in [1.54, 1.807) is 32.6 Å². The van der Waals surface area contributed by atoms with Gasteiger partial charge in [-0.2, -0.15) is 5.26 Å². The van der Waals surface area contributed by atoms with Gasteiger partial charge in [0, 0.05) is 5.56 Å². The number of benzene rings is 1. The third-order valence-electron chi connectivity index (χ3n) is 1.99. The van der Waals surface area contributed by atoms with Gasteiger partial charge in [0.05, 0.1) is 32.9 Å². The molecule has 0 saturated carbocycles. The molecule has 0 unspecified atom stereocenters. The molecule has 0 radical (unpaired) electrons. The lowest BCUT2D eigenvalue weighted by atomic mass is 10.2. The van der Waals surface area contributed by atoms with Crippen LogP contribution in [-0.4, -0.2) is 27.0 Å². The van der Waals surface area contributed by atoms with E-state index in [1.165, 1.54) is 0 Å². The van der Waals surface area contributed by atoms with Gasteiger partial charge in [0.1, 0.15) is 6.61 Å². The second-order valence-corrected chi connectivity index (χ2v) is 3.09. The van der Waals surface area contributed by atoms with E-state index in [9.17, 15) is 0 Å². The van der Waals surface area contributed by atoms with Gasteiger partial charge in [-0.1, -0.05) is 5.16 Å². The van der Waals surface area contributed by atoms with Crippen LogP contribution < -0.4 is 9.47 Å². The summed E-state index contributed by atoms with van der Waals surface area (Å²) in [6.07, 6.45) is 1.88. The molecule has 0 bridgehead atoms. The molecule has 1 aromatic rings. The predicted octanol–water partition coefficient (Wildman–Crippen LogP) is 1.97. The summed E-state index contributed by atoms with van der Waals surface area (Å²) in [7, 11) is 3.15. The van der Waals surface area contributed by atoms with Crippen molar-refractivity contribution in [2.24, 2.45) is 5.16 Å². The predicted molar refractivity (Wildman–Crippen MR) is 63.3 cm³/mol. The highest BCUT2D eigenvalue weighted by molar-refractivity contribution is 5.80. The SMILES string of the molecule is COc1ccc(/C=N/OCCC#N)cc1OC. The molecule has 1 aromatic carbocycles. The molecule has 5 heteroatoms. The standard InChI is InChI=1S/C12H14N2O3/c1-15-11-5-4-10(8-12(11)16-2)9-14-17-7-3-6-13/h4-5,8-9H,3,7H2,1-2H3/b14-9+. The third-order valence-corrected chi connectivity index (χ3v) is 1.99. The quantitative estimate of drug-likeness (QED) is 0.429. The monoisotopic (exact) mass is 234 g/mol. The van der Waals surface area contributed by atoms with Gasteiger partial charge in [0.15, 0.2) is 11.5 Å². The van der Waals surface area contributed by atoms with Gasteiger partial charge in [0.2, 0.25) is 0 Å². The molecule has 0 N–H and O–H groups in total. The van der Waals surface area contributed by atoms with Crippen LogP contribution in [0.25, 0.3) is 0 Å². The second-order valence-electron chi connectivity index (χ2n) is 3.09. The minimum Gasteiger partial charge on any atom is -0.493 e. The number of hydrogen-bond acceptors (Lipinski definition) is 5. The summed E-state index contributed by atoms with van der Waals surface area (Å²) >= 11 is 0. The maximum Gasteiger partial charge on any atom is 0.161 e. The summed E-state index contributed by atoms with van der Waals surface area (Å²) in [5.74, 6) is 1.29. The highest BCUT2D eigenvalue weighted by atomic mass is 16.6. The number of nitrogens with zero attached hydrogens (tertiary/aromatic N) is 2. The summed E-state index contributed by atoms with van der Waals surface area (Å²) in [5, 5.41) is 12.0. The van der Waals surface area contributed by atoms with Crippen molar-refractivity contribution in [1.29, 1.82) is 5.26 Å². The van der Waals surface area contributed by atoms with Crippen LogP contribution in [0, 0.1) is 11.3 Å². The molecule has 1 rings (SSSR count). The molecule has 0 saturated heterocycles. The summed E-state index contributed by atoms with van der Waals surface area (Å²) < 4.78 is 10.3. The highest BCUT2D eigenvalue weighted by Gasteiger charge is 2.02. The lowest BCUT2D eigenvalue weighted by molar-refractivity contribution is 0.152. The summed E-state index contributed by atoms with van der Waals surface area (Å²) in [5.41, 5.74) is 0.833. The molecule has 0 amide bonds. The van der Waals surface area contributed by atoms with E-state index in [0.29, 0.717) is 24.5 Å². The van der Waals surface area contributed by atoms with E-state index in [4.69, 9.17) is 19.6 Å². The molecule has 0 spiro atoms. The first-order valence-corrected chi connectivity index (χ1v) is 5.06. The average molecular weight is 234 g/mol. The first-order valence-electron chi connectivity index (χ1n) is 5.06. The lowest BCUT2D eigenvalue weighted by Crippen LogP contribution is -1.92. The molecule has 0 heterocycles. The zero-order valence-electron chi connectivity index (χ0n) is 9.84. The van der Waals surface area contributed by atoms with Gasteiger partial charge in [-0.05, 0) is 18.2 Å². The maximum atomic E-state index is 8.30. The number of methoxy groups -OCH3 is 2. The number of oxime groups is 1. The first kappa shape index (κ1) is 12.8. The number of ether oxygens (including phenoxy) is 2. The van der Waals surface area contributed by atoms with Gasteiger partial charge in [-0.3, -0.25) is 0 Å². The Morgan fingerprint density at radius 2 is 2.06 bits per heavy atom. The zero-order chi connectivity index (χ0) is 12.5. The Bertz CT molecular complexity index is 424. The Morgan fingerprint density at radius 3 is 2.71 bits per heavy atom. The molecule has 0 atom stereocenters. The molecule has 0 aliphatic carbocycles. The average Bonchev–Trinajstić information content (AvgIpc) is 2.38. The molecule has 0 aromatic heterocycles. The van der Waals surface area contributed by atoms with E-state index in [-0.39, 0.29) is 0 Å². The maximum absolute atomic E-state index is 8.30. The summed E-state index contributed by atoms with van der Waals surface area (Å²) in [6, 6.07) is 7.37. The van der Waals surface area contributed by atoms with Crippen LogP contribution >= 0.6 is 0 Å². The van der Waals surface area contributed by atoms with Crippen molar-refractivity contribution < 1.29 is 14.3 Å². The zero-order valence-corrected chi connectivity index (χ0v) is 9.84. The number of rotatable bonds is 6. The van der Waals surface area contributed by atoms with E-state index in [0.717, 1.165) is 5.56 Å². The normalized spacial score (nSPS) is 9.94. The van der Waals surface area contributed by atoms with Crippen molar-refractivity contribution in [2.45, 2.75) is 6.42 Å². The van der Waals surface area contributed by atoms with Crippen molar-refractivity contribution in [3.63, 3.8) is 0 Å². The van der Waals surface area contributed by atoms with Crippen LogP contribution in [0.3, 0.4) is 0 Å². The van der Waals surface area contributed by atoms with Crippen molar-refractivity contribution in [3.05, 3.63) is 23.8 Å². The van der Waals surface area contributed by atoms with E-state index in [1.807, 2.05) is 12.1 Å². The molecular weight excluding hydrogens is 220 g/mol. The Hall–Kier alpha value is -2.22. The van der Waals surface area contributed by atoms with Crippen molar-refractivity contribution in [1.82, 2.24) is 0 Å². The Kier molecular flexibility index (Phi) is 5.38. The number of hydrogen-bond donors (Lipinski definition) is 0. The highest BCUT2D eigenvalue weighted by Crippen LogP contribution is 2.26. The largest absolute Gasteiger partial charge is 0.493 e. The van der Waals surface area contributed by atoms with E-state index < -0.39 is 0 Å². The van der Waals surface area contributed by atoms with Crippen LogP contribution in [0.1, 0.15) is 12.0 Å². The summed E-state index contributed by atoms with van der Waals surface area (Å²) in [6.45, 7) is 0.292. The van der Waals surface area contributed by atoms with Crippen molar-refractivity contribution in [3.8, 4) is 17.6 Å². The summed E-state index contributed by atoms with van der Waals surface area (Å²) in [4.78, 5) is 4.88. The van der Waals surface area contributed by atoms with Gasteiger partial charge in [-0.15, -0.1) is 0 Å². The smallest absolute Gasteiger partial charge is 0.161 e. The third kappa shape index (κ3) is 4.03. The molecule has 17 heavy (non-hydrogen) atoms. The second kappa shape index (κ2) is 7.12. The fourth-order valence-electron chi connectivity index (χ4n) is 1.18. The Morgan fingerprint density at radius 1 is 1.29 bits per heavy atom. The Labute approximate surface area is 100 Å². The van der Waals surface area contributed by atoms with Crippen LogP contribution in [0.15, 0.2) is 23.4 Å². The fraction of sp³-hybridized carbons (Fsp3) is 0.333. The van der Waals surface area contributed by atoms with E-state index in [2.05, 4.69) is 5.16 Å². The van der Waals surface area contributed by atoms with Crippen LogP contribution in [-0.2, 0) is 4.84 Å². The van der Waals surface area contributed by atoms with Gasteiger partial charge in [-0.25, -0.2) is 0 Å². The number of nitriles is 1. The van der Waals surface area contributed by atoms with Gasteiger partial charge in [0.25, 0.3) is 0 Å². The fourth-order valence-corrected chi connectivity index (χ4v) is 1.18. The molecular formula is C12H14N2O3. The molecule has 5 nitrogen and oxygen atoms in total. The van der Waals surface area contributed by atoms with Crippen LogP contribution in [0.2, 0.25) is 0 Å². The Balaban J connectivity index is 2.63. The first-order chi connectivity index (χ1) is 8.31. The molecule has 0 aliphatic heterocycles. The van der Waals surface area contributed by atoms with Crippen LogP contribution in [0.5, 0.6) is 11.5 Å². The minimum atomic E-state index is 0.292. The molecule has 0 aliphatic rings. The molecule has 90 valence electrons. The lowest BCUT2D eigenvalue weighted by Gasteiger charge is -2.07. The minimum absolute atomic E-state index is 0.292. The van der Waals surface area contributed by atoms with Crippen LogP contribution in [0.4, 0.5) is 0 Å². The van der Waals surface area contributed by atoms with Crippen molar-refractivity contribution >= 4 is 6.21 Å². The molecule has 0 fully saturated rings. The van der Waals surface area contributed by atoms with E-state index >= 15 is 0 Å². The van der Waals surface area contributed by atoms with Gasteiger partial charge >= 0.3 is 0 Å². The topological polar surface area (TPSA) is 63.8 Å².